The monoisotopic (exact) mass is 338 g/mol. The zero-order valence-electron chi connectivity index (χ0n) is 15.2. The van der Waals surface area contributed by atoms with Gasteiger partial charge in [0.1, 0.15) is 0 Å². The number of hydrogen-bond donors (Lipinski definition) is 2. The van der Waals surface area contributed by atoms with Gasteiger partial charge in [0.15, 0.2) is 0 Å². The zero-order chi connectivity index (χ0) is 17.5. The van der Waals surface area contributed by atoms with Crippen LogP contribution in [0.5, 0.6) is 0 Å². The molecule has 0 amide bonds. The van der Waals surface area contributed by atoms with Crippen LogP contribution in [0.3, 0.4) is 0 Å². The maximum atomic E-state index is 5.70. The summed E-state index contributed by atoms with van der Waals surface area (Å²) in [5.41, 5.74) is 9.76. The largest absolute Gasteiger partial charge is 0.330 e. The number of aromatic nitrogens is 1. The standard InChI is InChI=1S/C21H30N4/c1-17(21-10-4-6-12-23-21)25(13-7-5-11-22)16-20-14-18-8-2-3-9-19(18)15-24-20/h2-4,6,8-10,12,17,20,24H,5,7,11,13-16,22H2,1H3/t17-,20?/m0/s1. The fraction of sp³-hybridized carbons (Fsp3) is 0.476. The van der Waals surface area contributed by atoms with Crippen LogP contribution in [0.1, 0.15) is 42.6 Å². The zero-order valence-corrected chi connectivity index (χ0v) is 15.2. The second-order valence-electron chi connectivity index (χ2n) is 6.97. The Balaban J connectivity index is 1.67. The van der Waals surface area contributed by atoms with E-state index in [2.05, 4.69) is 58.5 Å². The van der Waals surface area contributed by atoms with Crippen LogP contribution >= 0.6 is 0 Å². The molecule has 0 saturated heterocycles. The number of nitrogens with one attached hydrogen (secondary N) is 1. The molecule has 2 aromatic rings. The Kier molecular flexibility index (Phi) is 6.56. The molecule has 1 unspecified atom stereocenters. The Bertz CT molecular complexity index is 643. The summed E-state index contributed by atoms with van der Waals surface area (Å²) in [5.74, 6) is 0. The summed E-state index contributed by atoms with van der Waals surface area (Å²) in [5, 5.41) is 3.72. The summed E-state index contributed by atoms with van der Waals surface area (Å²) in [6.07, 6.45) is 5.20. The first-order valence-corrected chi connectivity index (χ1v) is 9.43. The van der Waals surface area contributed by atoms with Crippen LogP contribution in [-0.2, 0) is 13.0 Å². The fourth-order valence-corrected chi connectivity index (χ4v) is 3.65. The van der Waals surface area contributed by atoms with Crippen molar-refractivity contribution in [3.8, 4) is 0 Å². The van der Waals surface area contributed by atoms with E-state index < -0.39 is 0 Å². The van der Waals surface area contributed by atoms with Crippen molar-refractivity contribution in [2.75, 3.05) is 19.6 Å². The van der Waals surface area contributed by atoms with E-state index in [0.29, 0.717) is 12.1 Å². The van der Waals surface area contributed by atoms with Gasteiger partial charge in [0.2, 0.25) is 0 Å². The molecule has 3 N–H and O–H groups in total. The van der Waals surface area contributed by atoms with Gasteiger partial charge in [0.25, 0.3) is 0 Å². The SMILES string of the molecule is C[C@@H](c1ccccn1)N(CCCCN)CC1Cc2ccccc2CN1. The second kappa shape index (κ2) is 9.09. The summed E-state index contributed by atoms with van der Waals surface area (Å²) >= 11 is 0. The summed E-state index contributed by atoms with van der Waals surface area (Å²) in [6, 6.07) is 15.8. The van der Waals surface area contributed by atoms with Gasteiger partial charge in [-0.2, -0.15) is 0 Å². The maximum absolute atomic E-state index is 5.70. The molecule has 0 bridgehead atoms. The molecule has 1 aliphatic rings. The molecule has 1 aromatic carbocycles. The van der Waals surface area contributed by atoms with Crippen LogP contribution in [0, 0.1) is 0 Å². The number of fused-ring (bicyclic) bond motifs is 1. The van der Waals surface area contributed by atoms with Crippen molar-refractivity contribution < 1.29 is 0 Å². The molecule has 0 fully saturated rings. The van der Waals surface area contributed by atoms with Crippen molar-refractivity contribution in [1.82, 2.24) is 15.2 Å². The van der Waals surface area contributed by atoms with E-state index in [-0.39, 0.29) is 0 Å². The van der Waals surface area contributed by atoms with Crippen molar-refractivity contribution in [2.45, 2.75) is 44.8 Å². The number of benzene rings is 1. The lowest BCUT2D eigenvalue weighted by molar-refractivity contribution is 0.177. The van der Waals surface area contributed by atoms with E-state index in [9.17, 15) is 0 Å². The van der Waals surface area contributed by atoms with Crippen molar-refractivity contribution in [3.63, 3.8) is 0 Å². The third-order valence-corrected chi connectivity index (χ3v) is 5.18. The molecule has 134 valence electrons. The van der Waals surface area contributed by atoms with Crippen LogP contribution in [0.25, 0.3) is 0 Å². The number of nitrogens with two attached hydrogens (primary N) is 1. The molecule has 25 heavy (non-hydrogen) atoms. The Labute approximate surface area is 151 Å². The van der Waals surface area contributed by atoms with Gasteiger partial charge >= 0.3 is 0 Å². The highest BCUT2D eigenvalue weighted by Gasteiger charge is 2.23. The number of rotatable bonds is 8. The van der Waals surface area contributed by atoms with Crippen LogP contribution in [0.15, 0.2) is 48.7 Å². The summed E-state index contributed by atoms with van der Waals surface area (Å²) < 4.78 is 0. The number of pyridine rings is 1. The number of hydrogen-bond acceptors (Lipinski definition) is 4. The van der Waals surface area contributed by atoms with Gasteiger partial charge < -0.3 is 11.1 Å². The fourth-order valence-electron chi connectivity index (χ4n) is 3.65. The smallest absolute Gasteiger partial charge is 0.0572 e. The molecule has 1 aliphatic heterocycles. The van der Waals surface area contributed by atoms with Crippen LogP contribution in [0.4, 0.5) is 0 Å². The van der Waals surface area contributed by atoms with E-state index in [1.807, 2.05) is 12.3 Å². The first kappa shape index (κ1) is 18.1. The van der Waals surface area contributed by atoms with E-state index in [1.165, 1.54) is 11.1 Å². The molecular weight excluding hydrogens is 308 g/mol. The first-order chi connectivity index (χ1) is 12.3. The van der Waals surface area contributed by atoms with Gasteiger partial charge in [-0.1, -0.05) is 30.3 Å². The van der Waals surface area contributed by atoms with E-state index >= 15 is 0 Å². The minimum atomic E-state index is 0.318. The van der Waals surface area contributed by atoms with Crippen LogP contribution in [-0.4, -0.2) is 35.6 Å². The third kappa shape index (κ3) is 4.88. The van der Waals surface area contributed by atoms with Gasteiger partial charge in [0, 0.05) is 31.4 Å². The Hall–Kier alpha value is -1.75. The van der Waals surface area contributed by atoms with E-state index in [4.69, 9.17) is 5.73 Å². The molecule has 1 aromatic heterocycles. The topological polar surface area (TPSA) is 54.2 Å². The maximum Gasteiger partial charge on any atom is 0.0572 e. The van der Waals surface area contributed by atoms with Gasteiger partial charge in [0.05, 0.1) is 5.69 Å². The summed E-state index contributed by atoms with van der Waals surface area (Å²) in [4.78, 5) is 7.13. The molecule has 0 spiro atoms. The molecule has 0 aliphatic carbocycles. The average molecular weight is 338 g/mol. The Morgan fingerprint density at radius 1 is 1.16 bits per heavy atom. The molecule has 0 saturated carbocycles. The van der Waals surface area contributed by atoms with Crippen molar-refractivity contribution in [3.05, 3.63) is 65.5 Å². The molecule has 2 heterocycles. The van der Waals surface area contributed by atoms with Crippen LogP contribution in [0.2, 0.25) is 0 Å². The molecule has 4 heteroatoms. The minimum absolute atomic E-state index is 0.318. The molecule has 2 atom stereocenters. The number of unbranched alkanes of at least 4 members (excludes halogenated alkanes) is 1. The van der Waals surface area contributed by atoms with Gasteiger partial charge in [-0.05, 0) is 62.5 Å². The minimum Gasteiger partial charge on any atom is -0.330 e. The Morgan fingerprint density at radius 2 is 1.96 bits per heavy atom. The molecular formula is C21H30N4. The highest BCUT2D eigenvalue weighted by molar-refractivity contribution is 5.30. The first-order valence-electron chi connectivity index (χ1n) is 9.43. The molecule has 4 nitrogen and oxygen atoms in total. The predicted molar refractivity (Wildman–Crippen MR) is 103 cm³/mol. The van der Waals surface area contributed by atoms with E-state index in [1.54, 1.807) is 0 Å². The van der Waals surface area contributed by atoms with Gasteiger partial charge in [-0.3, -0.25) is 9.88 Å². The number of nitrogens with zero attached hydrogens (tertiary/aromatic N) is 2. The van der Waals surface area contributed by atoms with Crippen molar-refractivity contribution in [2.24, 2.45) is 5.73 Å². The van der Waals surface area contributed by atoms with Crippen LogP contribution < -0.4 is 11.1 Å². The quantitative estimate of drug-likeness (QED) is 0.727. The second-order valence-corrected chi connectivity index (χ2v) is 6.97. The Morgan fingerprint density at radius 3 is 2.72 bits per heavy atom. The van der Waals surface area contributed by atoms with Gasteiger partial charge in [-0.25, -0.2) is 0 Å². The molecule has 3 rings (SSSR count). The normalized spacial score (nSPS) is 18.1. The molecule has 0 radical (unpaired) electrons. The summed E-state index contributed by atoms with van der Waals surface area (Å²) in [6.45, 7) is 6.10. The van der Waals surface area contributed by atoms with Crippen molar-refractivity contribution >= 4 is 0 Å². The average Bonchev–Trinajstić information content (AvgIpc) is 2.67. The lowest BCUT2D eigenvalue weighted by Gasteiger charge is -2.35. The van der Waals surface area contributed by atoms with Gasteiger partial charge in [-0.15, -0.1) is 0 Å². The summed E-state index contributed by atoms with van der Waals surface area (Å²) in [7, 11) is 0. The third-order valence-electron chi connectivity index (χ3n) is 5.18. The lowest BCUT2D eigenvalue weighted by atomic mass is 9.95. The van der Waals surface area contributed by atoms with E-state index in [0.717, 1.165) is 51.1 Å². The highest BCUT2D eigenvalue weighted by Crippen LogP contribution is 2.22. The lowest BCUT2D eigenvalue weighted by Crippen LogP contribution is -2.45. The van der Waals surface area contributed by atoms with Crippen molar-refractivity contribution in [1.29, 1.82) is 0 Å². The highest BCUT2D eigenvalue weighted by atomic mass is 15.2. The predicted octanol–water partition coefficient (Wildman–Crippen LogP) is 2.90.